The third kappa shape index (κ3) is 1.43. The van der Waals surface area contributed by atoms with E-state index in [9.17, 15) is 4.79 Å². The first-order valence-electron chi connectivity index (χ1n) is 4.87. The van der Waals surface area contributed by atoms with E-state index < -0.39 is 0 Å². The molecule has 0 saturated heterocycles. The monoisotopic (exact) mass is 181 g/mol. The van der Waals surface area contributed by atoms with Crippen LogP contribution in [0.2, 0.25) is 0 Å². The standard InChI is InChI=1S/C10H15NO2/c1-6(2)7-3-4-9-8(5-7)10(12)11-13-9/h6-7H,3-5H2,1-2H3,(H,11,12). The van der Waals surface area contributed by atoms with Gasteiger partial charge < -0.3 is 4.52 Å². The molecule has 0 fully saturated rings. The van der Waals surface area contributed by atoms with Crippen LogP contribution < -0.4 is 5.56 Å². The first kappa shape index (κ1) is 8.60. The Hall–Kier alpha value is -0.990. The number of aryl methyl sites for hydroxylation is 1. The van der Waals surface area contributed by atoms with Crippen molar-refractivity contribution < 1.29 is 4.52 Å². The molecule has 0 saturated carbocycles. The van der Waals surface area contributed by atoms with E-state index in [0.29, 0.717) is 11.8 Å². The fraction of sp³-hybridized carbons (Fsp3) is 0.700. The maximum atomic E-state index is 11.3. The summed E-state index contributed by atoms with van der Waals surface area (Å²) < 4.78 is 5.08. The van der Waals surface area contributed by atoms with Crippen LogP contribution in [0.15, 0.2) is 9.32 Å². The Balaban J connectivity index is 2.28. The van der Waals surface area contributed by atoms with E-state index >= 15 is 0 Å². The van der Waals surface area contributed by atoms with E-state index in [0.717, 1.165) is 30.6 Å². The second-order valence-corrected chi connectivity index (χ2v) is 4.18. The third-order valence-electron chi connectivity index (χ3n) is 3.03. The van der Waals surface area contributed by atoms with Gasteiger partial charge in [-0.1, -0.05) is 13.8 Å². The van der Waals surface area contributed by atoms with Crippen LogP contribution in [0.25, 0.3) is 0 Å². The summed E-state index contributed by atoms with van der Waals surface area (Å²) in [5, 5.41) is 2.41. The summed E-state index contributed by atoms with van der Waals surface area (Å²) in [6, 6.07) is 0. The highest BCUT2D eigenvalue weighted by atomic mass is 16.5. The van der Waals surface area contributed by atoms with Crippen molar-refractivity contribution in [3.05, 3.63) is 21.7 Å². The maximum Gasteiger partial charge on any atom is 0.283 e. The smallest absolute Gasteiger partial charge is 0.283 e. The molecule has 3 heteroatoms. The molecule has 3 nitrogen and oxygen atoms in total. The number of H-pyrrole nitrogens is 1. The van der Waals surface area contributed by atoms with Crippen LogP contribution in [-0.4, -0.2) is 5.16 Å². The molecule has 0 aliphatic heterocycles. The second-order valence-electron chi connectivity index (χ2n) is 4.18. The number of nitrogens with one attached hydrogen (secondary N) is 1. The Morgan fingerprint density at radius 3 is 3.00 bits per heavy atom. The molecule has 1 aromatic heterocycles. The van der Waals surface area contributed by atoms with E-state index in [4.69, 9.17) is 4.52 Å². The van der Waals surface area contributed by atoms with Crippen LogP contribution >= 0.6 is 0 Å². The molecule has 72 valence electrons. The lowest BCUT2D eigenvalue weighted by molar-refractivity contribution is 0.305. The van der Waals surface area contributed by atoms with Crippen molar-refractivity contribution in [2.24, 2.45) is 11.8 Å². The van der Waals surface area contributed by atoms with Gasteiger partial charge in [-0.2, -0.15) is 5.16 Å². The predicted octanol–water partition coefficient (Wildman–Crippen LogP) is 1.73. The van der Waals surface area contributed by atoms with Crippen LogP contribution in [-0.2, 0) is 12.8 Å². The highest BCUT2D eigenvalue weighted by Crippen LogP contribution is 2.27. The van der Waals surface area contributed by atoms with Gasteiger partial charge in [0, 0.05) is 6.42 Å². The lowest BCUT2D eigenvalue weighted by Crippen LogP contribution is -2.22. The van der Waals surface area contributed by atoms with E-state index in [1.165, 1.54) is 0 Å². The van der Waals surface area contributed by atoms with Gasteiger partial charge in [0.2, 0.25) is 0 Å². The molecule has 1 atom stereocenters. The van der Waals surface area contributed by atoms with Crippen molar-refractivity contribution >= 4 is 0 Å². The second kappa shape index (κ2) is 3.05. The molecule has 2 rings (SSSR count). The Kier molecular flexibility index (Phi) is 2.02. The van der Waals surface area contributed by atoms with E-state index in [2.05, 4.69) is 19.0 Å². The van der Waals surface area contributed by atoms with Gasteiger partial charge in [-0.15, -0.1) is 0 Å². The van der Waals surface area contributed by atoms with Gasteiger partial charge in [-0.05, 0) is 24.7 Å². The molecule has 0 bridgehead atoms. The van der Waals surface area contributed by atoms with Crippen LogP contribution in [0, 0.1) is 11.8 Å². The number of aromatic amines is 1. The van der Waals surface area contributed by atoms with Crippen molar-refractivity contribution in [3.63, 3.8) is 0 Å². The Labute approximate surface area is 77.1 Å². The molecule has 1 unspecified atom stereocenters. The van der Waals surface area contributed by atoms with E-state index in [-0.39, 0.29) is 5.56 Å². The first-order valence-corrected chi connectivity index (χ1v) is 4.87. The van der Waals surface area contributed by atoms with Crippen molar-refractivity contribution in [2.45, 2.75) is 33.1 Å². The molecule has 1 aromatic rings. The predicted molar refractivity (Wildman–Crippen MR) is 49.7 cm³/mol. The summed E-state index contributed by atoms with van der Waals surface area (Å²) in [7, 11) is 0. The minimum atomic E-state index is -0.0275. The highest BCUT2D eigenvalue weighted by molar-refractivity contribution is 5.17. The minimum absolute atomic E-state index is 0.0275. The number of hydrogen-bond donors (Lipinski definition) is 1. The molecule has 1 aliphatic rings. The van der Waals surface area contributed by atoms with E-state index in [1.807, 2.05) is 0 Å². The van der Waals surface area contributed by atoms with Gasteiger partial charge in [0.25, 0.3) is 5.56 Å². The summed E-state index contributed by atoms with van der Waals surface area (Å²) in [5.74, 6) is 2.18. The SMILES string of the molecule is CC(C)C1CCc2o[nH]c(=O)c2C1. The van der Waals surface area contributed by atoms with Gasteiger partial charge in [0.05, 0.1) is 5.56 Å². The Bertz CT molecular complexity index is 348. The summed E-state index contributed by atoms with van der Waals surface area (Å²) in [5.41, 5.74) is 0.852. The van der Waals surface area contributed by atoms with E-state index in [1.54, 1.807) is 0 Å². The van der Waals surface area contributed by atoms with Crippen LogP contribution in [0.5, 0.6) is 0 Å². The average Bonchev–Trinajstić information content (AvgIpc) is 2.47. The summed E-state index contributed by atoms with van der Waals surface area (Å²) in [4.78, 5) is 11.3. The average molecular weight is 181 g/mol. The van der Waals surface area contributed by atoms with Gasteiger partial charge in [0.15, 0.2) is 0 Å². The molecule has 13 heavy (non-hydrogen) atoms. The largest absolute Gasteiger partial charge is 0.383 e. The molecule has 1 heterocycles. The lowest BCUT2D eigenvalue weighted by Gasteiger charge is -2.23. The molecule has 0 radical (unpaired) electrons. The molecule has 0 aromatic carbocycles. The fourth-order valence-electron chi connectivity index (χ4n) is 2.02. The fourth-order valence-corrected chi connectivity index (χ4v) is 2.02. The quantitative estimate of drug-likeness (QED) is 0.717. The van der Waals surface area contributed by atoms with Crippen molar-refractivity contribution in [3.8, 4) is 0 Å². The van der Waals surface area contributed by atoms with Gasteiger partial charge in [-0.3, -0.25) is 4.79 Å². The molecular formula is C10H15NO2. The van der Waals surface area contributed by atoms with Crippen LogP contribution in [0.4, 0.5) is 0 Å². The van der Waals surface area contributed by atoms with Gasteiger partial charge in [-0.25, -0.2) is 0 Å². The Morgan fingerprint density at radius 1 is 1.54 bits per heavy atom. The lowest BCUT2D eigenvalue weighted by atomic mass is 9.81. The molecule has 0 spiro atoms. The molecule has 1 aliphatic carbocycles. The summed E-state index contributed by atoms with van der Waals surface area (Å²) >= 11 is 0. The zero-order chi connectivity index (χ0) is 9.42. The van der Waals surface area contributed by atoms with Crippen LogP contribution in [0.3, 0.4) is 0 Å². The van der Waals surface area contributed by atoms with Crippen molar-refractivity contribution in [2.75, 3.05) is 0 Å². The minimum Gasteiger partial charge on any atom is -0.383 e. The van der Waals surface area contributed by atoms with Gasteiger partial charge >= 0.3 is 0 Å². The van der Waals surface area contributed by atoms with Gasteiger partial charge in [0.1, 0.15) is 5.76 Å². The van der Waals surface area contributed by atoms with Crippen molar-refractivity contribution in [1.29, 1.82) is 0 Å². The number of hydrogen-bond acceptors (Lipinski definition) is 2. The molecule has 0 amide bonds. The third-order valence-corrected chi connectivity index (χ3v) is 3.03. The van der Waals surface area contributed by atoms with Crippen molar-refractivity contribution in [1.82, 2.24) is 5.16 Å². The normalized spacial score (nSPS) is 21.9. The first-order chi connectivity index (χ1) is 6.18. The number of fused-ring (bicyclic) bond motifs is 1. The summed E-state index contributed by atoms with van der Waals surface area (Å²) in [6.45, 7) is 4.42. The zero-order valence-corrected chi connectivity index (χ0v) is 8.09. The van der Waals surface area contributed by atoms with Crippen LogP contribution in [0.1, 0.15) is 31.6 Å². The molecule has 1 N–H and O–H groups in total. The number of rotatable bonds is 1. The Morgan fingerprint density at radius 2 is 2.31 bits per heavy atom. The summed E-state index contributed by atoms with van der Waals surface area (Å²) in [6.07, 6.45) is 2.95. The molecular weight excluding hydrogens is 166 g/mol. The maximum absolute atomic E-state index is 11.3. The topological polar surface area (TPSA) is 46.0 Å². The number of aromatic nitrogens is 1. The zero-order valence-electron chi connectivity index (χ0n) is 8.09. The highest BCUT2D eigenvalue weighted by Gasteiger charge is 2.25.